The first kappa shape index (κ1) is 15.9. The summed E-state index contributed by atoms with van der Waals surface area (Å²) in [5.41, 5.74) is 1.64. The Kier molecular flexibility index (Phi) is 3.81. The van der Waals surface area contributed by atoms with Crippen LogP contribution >= 0.6 is 0 Å². The maximum Gasteiger partial charge on any atom is 0.498 e. The Balaban J connectivity index is 1.92. The molecular formula is C18H27BO3. The van der Waals surface area contributed by atoms with Crippen molar-refractivity contribution in [2.24, 2.45) is 0 Å². The topological polar surface area (TPSA) is 27.7 Å². The van der Waals surface area contributed by atoms with Crippen molar-refractivity contribution in [3.63, 3.8) is 0 Å². The van der Waals surface area contributed by atoms with Crippen molar-refractivity contribution in [1.29, 1.82) is 0 Å². The molecule has 0 spiro atoms. The van der Waals surface area contributed by atoms with Gasteiger partial charge in [-0.3, -0.25) is 0 Å². The molecule has 1 heterocycles. The summed E-state index contributed by atoms with van der Waals surface area (Å²) in [5.74, 6) is 1.40. The minimum absolute atomic E-state index is 0.328. The van der Waals surface area contributed by atoms with Crippen LogP contribution in [0.15, 0.2) is 18.2 Å². The van der Waals surface area contributed by atoms with Crippen molar-refractivity contribution in [2.45, 2.75) is 77.6 Å². The molecule has 120 valence electrons. The maximum atomic E-state index is 6.19. The van der Waals surface area contributed by atoms with Crippen LogP contribution in [0.25, 0.3) is 0 Å². The molecule has 0 unspecified atom stereocenters. The van der Waals surface area contributed by atoms with Gasteiger partial charge >= 0.3 is 7.12 Å². The molecule has 0 N–H and O–H groups in total. The minimum atomic E-state index is -0.361. The minimum Gasteiger partial charge on any atom is -0.491 e. The van der Waals surface area contributed by atoms with Crippen LogP contribution in [0.4, 0.5) is 0 Å². The summed E-state index contributed by atoms with van der Waals surface area (Å²) in [5, 5.41) is 0. The molecule has 4 heteroatoms. The normalized spacial score (nSPS) is 23.1. The first-order valence-electron chi connectivity index (χ1n) is 8.36. The van der Waals surface area contributed by atoms with Crippen molar-refractivity contribution in [1.82, 2.24) is 0 Å². The molecule has 0 radical (unpaired) electrons. The average molecular weight is 302 g/mol. The highest BCUT2D eigenvalue weighted by atomic mass is 16.7. The quantitative estimate of drug-likeness (QED) is 0.795. The lowest BCUT2D eigenvalue weighted by Crippen LogP contribution is -2.41. The smallest absolute Gasteiger partial charge is 0.491 e. The molecule has 0 atom stereocenters. The molecule has 1 aliphatic carbocycles. The Bertz CT molecular complexity index is 545. The third-order valence-corrected chi connectivity index (χ3v) is 5.03. The van der Waals surface area contributed by atoms with Gasteiger partial charge in [-0.1, -0.05) is 26.0 Å². The largest absolute Gasteiger partial charge is 0.498 e. The number of benzene rings is 1. The maximum absolute atomic E-state index is 6.19. The van der Waals surface area contributed by atoms with Gasteiger partial charge in [0.05, 0.1) is 17.3 Å². The lowest BCUT2D eigenvalue weighted by Gasteiger charge is -2.32. The molecule has 1 aromatic carbocycles. The molecular weight excluding hydrogens is 275 g/mol. The van der Waals surface area contributed by atoms with E-state index in [1.54, 1.807) is 0 Å². The second-order valence-electron chi connectivity index (χ2n) is 7.86. The van der Waals surface area contributed by atoms with Gasteiger partial charge in [-0.25, -0.2) is 0 Å². The van der Waals surface area contributed by atoms with E-state index in [9.17, 15) is 0 Å². The van der Waals surface area contributed by atoms with E-state index in [2.05, 4.69) is 59.7 Å². The van der Waals surface area contributed by atoms with Gasteiger partial charge in [0.15, 0.2) is 0 Å². The van der Waals surface area contributed by atoms with E-state index >= 15 is 0 Å². The highest BCUT2D eigenvalue weighted by Crippen LogP contribution is 2.38. The van der Waals surface area contributed by atoms with Gasteiger partial charge in [0.1, 0.15) is 5.75 Å². The number of ether oxygens (including phenoxy) is 1. The Hall–Kier alpha value is -0.995. The highest BCUT2D eigenvalue weighted by Gasteiger charge is 2.52. The lowest BCUT2D eigenvalue weighted by atomic mass is 9.77. The second kappa shape index (κ2) is 5.28. The van der Waals surface area contributed by atoms with Crippen molar-refractivity contribution in [3.05, 3.63) is 23.8 Å². The van der Waals surface area contributed by atoms with E-state index < -0.39 is 0 Å². The summed E-state index contributed by atoms with van der Waals surface area (Å²) in [6.07, 6.45) is 2.66. The van der Waals surface area contributed by atoms with E-state index in [1.807, 2.05) is 0 Å². The number of rotatable bonds is 4. The zero-order chi connectivity index (χ0) is 16.1. The van der Waals surface area contributed by atoms with Crippen LogP contribution in [0.5, 0.6) is 5.75 Å². The first-order valence-corrected chi connectivity index (χ1v) is 8.36. The van der Waals surface area contributed by atoms with E-state index in [0.29, 0.717) is 12.0 Å². The fourth-order valence-electron chi connectivity index (χ4n) is 2.54. The summed E-state index contributed by atoms with van der Waals surface area (Å²) in [6.45, 7) is 12.7. The third-order valence-electron chi connectivity index (χ3n) is 5.03. The van der Waals surface area contributed by atoms with Crippen LogP contribution in [0.1, 0.15) is 65.9 Å². The first-order chi connectivity index (χ1) is 10.2. The SMILES string of the molecule is CC(C)c1ccc(B2OC(C)(C)C(C)(C)O2)c(OC2CC2)c1. The summed E-state index contributed by atoms with van der Waals surface area (Å²) < 4.78 is 18.5. The van der Waals surface area contributed by atoms with Crippen LogP contribution in [0.3, 0.4) is 0 Å². The Morgan fingerprint density at radius 1 is 1.09 bits per heavy atom. The van der Waals surface area contributed by atoms with Crippen molar-refractivity contribution in [3.8, 4) is 5.75 Å². The zero-order valence-corrected chi connectivity index (χ0v) is 14.6. The van der Waals surface area contributed by atoms with Crippen molar-refractivity contribution in [2.75, 3.05) is 0 Å². The van der Waals surface area contributed by atoms with E-state index in [0.717, 1.165) is 24.1 Å². The van der Waals surface area contributed by atoms with Gasteiger partial charge in [-0.2, -0.15) is 0 Å². The Morgan fingerprint density at radius 3 is 2.18 bits per heavy atom. The predicted molar refractivity (Wildman–Crippen MR) is 89.9 cm³/mol. The van der Waals surface area contributed by atoms with Crippen LogP contribution in [-0.2, 0) is 9.31 Å². The van der Waals surface area contributed by atoms with Crippen LogP contribution in [0, 0.1) is 0 Å². The molecule has 0 aromatic heterocycles. The summed E-state index contributed by atoms with van der Waals surface area (Å²) in [6, 6.07) is 6.42. The zero-order valence-electron chi connectivity index (χ0n) is 14.6. The molecule has 2 aliphatic rings. The van der Waals surface area contributed by atoms with Crippen LogP contribution < -0.4 is 10.2 Å². The van der Waals surface area contributed by atoms with Gasteiger partial charge < -0.3 is 14.0 Å². The fourth-order valence-corrected chi connectivity index (χ4v) is 2.54. The fraction of sp³-hybridized carbons (Fsp3) is 0.667. The second-order valence-corrected chi connectivity index (χ2v) is 7.86. The molecule has 1 aliphatic heterocycles. The van der Waals surface area contributed by atoms with E-state index in [1.165, 1.54) is 5.56 Å². The molecule has 1 saturated carbocycles. The lowest BCUT2D eigenvalue weighted by molar-refractivity contribution is 0.00578. The number of hydrogen-bond donors (Lipinski definition) is 0. The summed E-state index contributed by atoms with van der Waals surface area (Å²) in [4.78, 5) is 0. The molecule has 3 rings (SSSR count). The van der Waals surface area contributed by atoms with Gasteiger partial charge in [0.25, 0.3) is 0 Å². The van der Waals surface area contributed by atoms with Gasteiger partial charge in [0.2, 0.25) is 0 Å². The standard InChI is InChI=1S/C18H27BO3/c1-12(2)13-7-10-15(16(11-13)20-14-8-9-14)19-21-17(3,4)18(5,6)22-19/h7,10-12,14H,8-9H2,1-6H3. The predicted octanol–water partition coefficient (Wildman–Crippen LogP) is 3.65. The molecule has 1 aromatic rings. The molecule has 0 bridgehead atoms. The van der Waals surface area contributed by atoms with Crippen LogP contribution in [0.2, 0.25) is 0 Å². The Morgan fingerprint density at radius 2 is 1.68 bits per heavy atom. The van der Waals surface area contributed by atoms with Gasteiger partial charge in [-0.15, -0.1) is 0 Å². The van der Waals surface area contributed by atoms with Crippen molar-refractivity contribution >= 4 is 12.6 Å². The van der Waals surface area contributed by atoms with Crippen LogP contribution in [-0.4, -0.2) is 24.4 Å². The van der Waals surface area contributed by atoms with E-state index in [-0.39, 0.29) is 18.3 Å². The Labute approximate surface area is 134 Å². The molecule has 0 amide bonds. The number of hydrogen-bond acceptors (Lipinski definition) is 3. The molecule has 3 nitrogen and oxygen atoms in total. The molecule has 2 fully saturated rings. The summed E-state index contributed by atoms with van der Waals surface area (Å²) >= 11 is 0. The monoisotopic (exact) mass is 302 g/mol. The molecule has 1 saturated heterocycles. The van der Waals surface area contributed by atoms with Crippen molar-refractivity contribution < 1.29 is 14.0 Å². The van der Waals surface area contributed by atoms with E-state index in [4.69, 9.17) is 14.0 Å². The summed E-state index contributed by atoms with van der Waals surface area (Å²) in [7, 11) is -0.361. The third kappa shape index (κ3) is 2.91. The average Bonchev–Trinajstić information content (AvgIpc) is 3.17. The molecule has 22 heavy (non-hydrogen) atoms. The highest BCUT2D eigenvalue weighted by molar-refractivity contribution is 6.63. The van der Waals surface area contributed by atoms with Gasteiger partial charge in [-0.05, 0) is 58.1 Å². The van der Waals surface area contributed by atoms with Gasteiger partial charge in [0, 0.05) is 5.46 Å².